The van der Waals surface area contributed by atoms with Gasteiger partial charge in [0.25, 0.3) is 7.82 Å². The number of phosphoric ester groups is 1. The van der Waals surface area contributed by atoms with Crippen LogP contribution in [-0.2, 0) is 27.9 Å². The molecule has 8 nitrogen and oxygen atoms in total. The number of carbonyl (C=O) groups excluding carboxylic acids is 1. The highest BCUT2D eigenvalue weighted by Gasteiger charge is 2.20. The highest BCUT2D eigenvalue weighted by atomic mass is 31.2. The summed E-state index contributed by atoms with van der Waals surface area (Å²) >= 11 is 0. The van der Waals surface area contributed by atoms with Crippen molar-refractivity contribution in [2.45, 2.75) is 200 Å². The number of phosphoric acid groups is 1. The molecule has 0 aromatic carbocycles. The predicted octanol–water partition coefficient (Wildman–Crippen LogP) is 13.9. The highest BCUT2D eigenvalue weighted by molar-refractivity contribution is 7.45. The van der Waals surface area contributed by atoms with Gasteiger partial charge in [0.1, 0.15) is 19.3 Å². The van der Waals surface area contributed by atoms with E-state index in [-0.39, 0.29) is 32.2 Å². The first-order valence-electron chi connectivity index (χ1n) is 24.0. The Morgan fingerprint density at radius 1 is 0.542 bits per heavy atom. The van der Waals surface area contributed by atoms with Gasteiger partial charge in [-0.15, -0.1) is 0 Å². The third kappa shape index (κ3) is 47.1. The van der Waals surface area contributed by atoms with E-state index in [9.17, 15) is 14.3 Å². The number of quaternary nitrogens is 1. The summed E-state index contributed by atoms with van der Waals surface area (Å²) in [7, 11) is 1.33. The summed E-state index contributed by atoms with van der Waals surface area (Å²) in [6, 6.07) is 0. The summed E-state index contributed by atoms with van der Waals surface area (Å²) in [5.41, 5.74) is 0. The minimum absolute atomic E-state index is 0.0179. The van der Waals surface area contributed by atoms with Crippen molar-refractivity contribution in [3.05, 3.63) is 60.8 Å². The van der Waals surface area contributed by atoms with E-state index in [0.717, 1.165) is 64.2 Å². The maximum Gasteiger partial charge on any atom is 0.306 e. The second-order valence-corrected chi connectivity index (χ2v) is 18.5. The van der Waals surface area contributed by atoms with E-state index in [2.05, 4.69) is 74.6 Å². The van der Waals surface area contributed by atoms with Gasteiger partial charge in [0.15, 0.2) is 0 Å². The van der Waals surface area contributed by atoms with Crippen LogP contribution in [0.15, 0.2) is 60.8 Å². The van der Waals surface area contributed by atoms with Crippen molar-refractivity contribution in [2.75, 3.05) is 54.1 Å². The topological polar surface area (TPSA) is 94.1 Å². The van der Waals surface area contributed by atoms with Crippen LogP contribution in [0.1, 0.15) is 194 Å². The van der Waals surface area contributed by atoms with E-state index in [4.69, 9.17) is 18.5 Å². The normalized spacial score (nSPS) is 14.2. The number of hydrogen-bond acceptors (Lipinski definition) is 7. The Hall–Kier alpha value is -1.80. The Labute approximate surface area is 364 Å². The first-order chi connectivity index (χ1) is 28.6. The van der Waals surface area contributed by atoms with Crippen LogP contribution < -0.4 is 4.89 Å². The van der Waals surface area contributed by atoms with Gasteiger partial charge in [-0.1, -0.05) is 171 Å². The zero-order chi connectivity index (χ0) is 43.4. The lowest BCUT2D eigenvalue weighted by atomic mass is 10.0. The monoisotopic (exact) mass is 850 g/mol. The van der Waals surface area contributed by atoms with Crippen molar-refractivity contribution in [1.29, 1.82) is 0 Å². The van der Waals surface area contributed by atoms with E-state index in [1.54, 1.807) is 0 Å². The highest BCUT2D eigenvalue weighted by Crippen LogP contribution is 2.38. The number of allylic oxidation sites excluding steroid dienone is 10. The zero-order valence-corrected chi connectivity index (χ0v) is 39.8. The summed E-state index contributed by atoms with van der Waals surface area (Å²) in [6.45, 7) is 5.24. The van der Waals surface area contributed by atoms with Gasteiger partial charge in [-0.3, -0.25) is 9.36 Å². The average Bonchev–Trinajstić information content (AvgIpc) is 3.19. The quantitative estimate of drug-likeness (QED) is 0.0198. The zero-order valence-electron chi connectivity index (χ0n) is 38.9. The number of carbonyl (C=O) groups is 1. The summed E-state index contributed by atoms with van der Waals surface area (Å²) in [4.78, 5) is 25.1. The van der Waals surface area contributed by atoms with E-state index in [0.29, 0.717) is 17.6 Å². The SMILES string of the molecule is CC/C=C\C/C=C\C/C=C\CCCCCC(=O)OC(COCCCCCCCCCCCCCC/C=C\C/C=C\CCCCCCC)COP(=O)([O-])OCC[N+](C)(C)C. The first kappa shape index (κ1) is 57.2. The molecule has 0 aromatic rings. The fraction of sp³-hybridized carbons (Fsp3) is 0.780. The fourth-order valence-electron chi connectivity index (χ4n) is 6.36. The van der Waals surface area contributed by atoms with Crippen LogP contribution in [0.2, 0.25) is 0 Å². The number of nitrogens with zero attached hydrogens (tertiary/aromatic N) is 1. The van der Waals surface area contributed by atoms with Crippen LogP contribution in [-0.4, -0.2) is 70.7 Å². The van der Waals surface area contributed by atoms with Crippen molar-refractivity contribution in [3.63, 3.8) is 0 Å². The van der Waals surface area contributed by atoms with Gasteiger partial charge >= 0.3 is 5.97 Å². The molecule has 2 atom stereocenters. The summed E-state index contributed by atoms with van der Waals surface area (Å²) < 4.78 is 34.6. The lowest BCUT2D eigenvalue weighted by molar-refractivity contribution is -0.870. The minimum atomic E-state index is -4.54. The maximum absolute atomic E-state index is 12.7. The van der Waals surface area contributed by atoms with Crippen molar-refractivity contribution in [1.82, 2.24) is 0 Å². The lowest BCUT2D eigenvalue weighted by Crippen LogP contribution is -2.37. The van der Waals surface area contributed by atoms with Gasteiger partial charge < -0.3 is 27.9 Å². The average molecular weight is 850 g/mol. The molecule has 0 radical (unpaired) electrons. The molecule has 0 rings (SSSR count). The summed E-state index contributed by atoms with van der Waals surface area (Å²) in [6.07, 6.45) is 53.9. The lowest BCUT2D eigenvalue weighted by Gasteiger charge is -2.28. The van der Waals surface area contributed by atoms with Crippen LogP contribution in [0.4, 0.5) is 0 Å². The molecular formula is C50H92NO7P. The molecule has 0 aliphatic carbocycles. The van der Waals surface area contributed by atoms with Gasteiger partial charge in [-0.25, -0.2) is 0 Å². The molecule has 0 amide bonds. The van der Waals surface area contributed by atoms with E-state index < -0.39 is 13.9 Å². The molecule has 344 valence electrons. The molecule has 0 saturated carbocycles. The largest absolute Gasteiger partial charge is 0.756 e. The fourth-order valence-corrected chi connectivity index (χ4v) is 7.08. The van der Waals surface area contributed by atoms with Crippen LogP contribution in [0.5, 0.6) is 0 Å². The molecular weight excluding hydrogens is 758 g/mol. The van der Waals surface area contributed by atoms with Gasteiger partial charge in [0.2, 0.25) is 0 Å². The predicted molar refractivity (Wildman–Crippen MR) is 249 cm³/mol. The smallest absolute Gasteiger partial charge is 0.306 e. The molecule has 0 fully saturated rings. The van der Waals surface area contributed by atoms with Crippen LogP contribution in [0.25, 0.3) is 0 Å². The van der Waals surface area contributed by atoms with Crippen molar-refractivity contribution >= 4 is 13.8 Å². The number of hydrogen-bond donors (Lipinski definition) is 0. The molecule has 9 heteroatoms. The van der Waals surface area contributed by atoms with Crippen LogP contribution in [0, 0.1) is 0 Å². The second kappa shape index (κ2) is 42.9. The first-order valence-corrected chi connectivity index (χ1v) is 25.5. The molecule has 59 heavy (non-hydrogen) atoms. The van der Waals surface area contributed by atoms with E-state index in [1.807, 2.05) is 21.1 Å². The third-order valence-corrected chi connectivity index (χ3v) is 11.0. The van der Waals surface area contributed by atoms with Crippen LogP contribution in [0.3, 0.4) is 0 Å². The van der Waals surface area contributed by atoms with Gasteiger partial charge in [-0.2, -0.15) is 0 Å². The summed E-state index contributed by atoms with van der Waals surface area (Å²) in [5.74, 6) is -0.364. The van der Waals surface area contributed by atoms with Crippen molar-refractivity contribution in [3.8, 4) is 0 Å². The number of esters is 1. The van der Waals surface area contributed by atoms with E-state index >= 15 is 0 Å². The Morgan fingerprint density at radius 2 is 0.983 bits per heavy atom. The Bertz CT molecular complexity index is 1130. The second-order valence-electron chi connectivity index (χ2n) is 17.1. The van der Waals surface area contributed by atoms with Crippen molar-refractivity contribution in [2.24, 2.45) is 0 Å². The Balaban J connectivity index is 4.13. The van der Waals surface area contributed by atoms with Gasteiger partial charge in [0.05, 0.1) is 34.4 Å². The van der Waals surface area contributed by atoms with Crippen molar-refractivity contribution < 1.29 is 37.3 Å². The molecule has 0 saturated heterocycles. The Kier molecular flexibility index (Phi) is 41.6. The number of unbranched alkanes of at least 4 members (excludes halogenated alkanes) is 20. The minimum Gasteiger partial charge on any atom is -0.756 e. The van der Waals surface area contributed by atoms with Crippen LogP contribution >= 0.6 is 7.82 Å². The third-order valence-electron chi connectivity index (χ3n) is 10.1. The molecule has 0 aliphatic heterocycles. The Morgan fingerprint density at radius 3 is 1.47 bits per heavy atom. The standard InChI is InChI=1S/C50H92NO7P/c1-6-8-10-12-14-16-18-20-21-22-23-24-25-26-27-28-29-30-32-34-36-38-40-42-45-55-47-49(48-57-59(53,54)56-46-44-51(3,4)5)58-50(52)43-41-39-37-35-33-31-19-17-15-13-11-9-7-2/h9,11,15,17-18,20,22-23,31,33,49H,6-8,10,12-14,16,19,21,24-30,32,34-48H2,1-5H3/b11-9-,17-15-,20-18-,23-22-,33-31-. The maximum atomic E-state index is 12.7. The molecule has 0 spiro atoms. The molecule has 0 aliphatic rings. The number of ether oxygens (including phenoxy) is 2. The molecule has 0 N–H and O–H groups in total. The molecule has 2 unspecified atom stereocenters. The number of rotatable bonds is 44. The van der Waals surface area contributed by atoms with E-state index in [1.165, 1.54) is 109 Å². The molecule has 0 heterocycles. The van der Waals surface area contributed by atoms with Gasteiger partial charge in [-0.05, 0) is 77.0 Å². The number of likely N-dealkylation sites (N-methyl/N-ethyl adjacent to an activating group) is 1. The van der Waals surface area contributed by atoms with Gasteiger partial charge in [0, 0.05) is 13.0 Å². The molecule has 0 aromatic heterocycles. The molecule has 0 bridgehead atoms. The summed E-state index contributed by atoms with van der Waals surface area (Å²) in [5, 5.41) is 0.